The predicted octanol–water partition coefficient (Wildman–Crippen LogP) is 3.16. The van der Waals surface area contributed by atoms with Crippen LogP contribution in [0.5, 0.6) is 0 Å². The summed E-state index contributed by atoms with van der Waals surface area (Å²) in [7, 11) is 0. The molecule has 0 radical (unpaired) electrons. The highest BCUT2D eigenvalue weighted by atomic mass is 16.5. The van der Waals surface area contributed by atoms with Crippen LogP contribution in [0.4, 0.5) is 0 Å². The third-order valence-corrected chi connectivity index (χ3v) is 3.90. The Labute approximate surface area is 121 Å². The molecule has 1 saturated heterocycles. The smallest absolute Gasteiger partial charge is 0.302 e. The minimum Gasteiger partial charge on any atom is -0.464 e. The van der Waals surface area contributed by atoms with Gasteiger partial charge in [-0.3, -0.25) is 9.69 Å². The minimum absolute atomic E-state index is 0.197. The van der Waals surface area contributed by atoms with Crippen LogP contribution >= 0.6 is 0 Å². The number of rotatable bonds is 6. The summed E-state index contributed by atoms with van der Waals surface area (Å²) in [5.41, 5.74) is 1.30. The normalized spacial score (nSPS) is 22.6. The fourth-order valence-electron chi connectivity index (χ4n) is 2.91. The predicted molar refractivity (Wildman–Crippen MR) is 80.2 cm³/mol. The lowest BCUT2D eigenvalue weighted by Gasteiger charge is -2.29. The van der Waals surface area contributed by atoms with E-state index in [4.69, 9.17) is 4.74 Å². The van der Waals surface area contributed by atoms with Gasteiger partial charge in [-0.05, 0) is 24.8 Å². The van der Waals surface area contributed by atoms with E-state index in [-0.39, 0.29) is 5.97 Å². The lowest BCUT2D eigenvalue weighted by atomic mass is 10.1. The molecule has 0 bridgehead atoms. The van der Waals surface area contributed by atoms with Crippen molar-refractivity contribution in [2.45, 2.75) is 44.8 Å². The molecule has 1 heterocycles. The van der Waals surface area contributed by atoms with Crippen molar-refractivity contribution < 1.29 is 9.53 Å². The number of hydrogen-bond donors (Lipinski definition) is 0. The van der Waals surface area contributed by atoms with E-state index in [0.717, 1.165) is 25.8 Å². The van der Waals surface area contributed by atoms with Crippen molar-refractivity contribution in [1.29, 1.82) is 0 Å². The second kappa shape index (κ2) is 7.25. The SMILES string of the molecule is C=CC[C@H]1CC[C@H](COC(C)=O)N1Cc1ccccc1. The number of nitrogens with zero attached hydrogens (tertiary/aromatic N) is 1. The van der Waals surface area contributed by atoms with Crippen molar-refractivity contribution in [2.75, 3.05) is 6.61 Å². The van der Waals surface area contributed by atoms with Gasteiger partial charge in [0.2, 0.25) is 0 Å². The first-order chi connectivity index (χ1) is 9.70. The van der Waals surface area contributed by atoms with Crippen molar-refractivity contribution >= 4 is 5.97 Å². The van der Waals surface area contributed by atoms with E-state index in [1.54, 1.807) is 0 Å². The quantitative estimate of drug-likeness (QED) is 0.589. The number of ether oxygens (including phenoxy) is 1. The largest absolute Gasteiger partial charge is 0.464 e. The molecule has 3 nitrogen and oxygen atoms in total. The second-order valence-electron chi connectivity index (χ2n) is 5.37. The van der Waals surface area contributed by atoms with E-state index in [2.05, 4.69) is 35.7 Å². The van der Waals surface area contributed by atoms with E-state index < -0.39 is 0 Å². The maximum Gasteiger partial charge on any atom is 0.302 e. The Morgan fingerprint density at radius 2 is 2.05 bits per heavy atom. The molecule has 2 atom stereocenters. The molecular weight excluding hydrogens is 250 g/mol. The molecule has 1 fully saturated rings. The molecule has 1 aliphatic heterocycles. The van der Waals surface area contributed by atoms with E-state index in [0.29, 0.717) is 18.7 Å². The van der Waals surface area contributed by atoms with Gasteiger partial charge < -0.3 is 4.74 Å². The van der Waals surface area contributed by atoms with Gasteiger partial charge in [0, 0.05) is 25.6 Å². The molecule has 1 aromatic carbocycles. The van der Waals surface area contributed by atoms with Gasteiger partial charge >= 0.3 is 5.97 Å². The van der Waals surface area contributed by atoms with Crippen molar-refractivity contribution in [3.63, 3.8) is 0 Å². The van der Waals surface area contributed by atoms with Crippen molar-refractivity contribution in [1.82, 2.24) is 4.90 Å². The maximum absolute atomic E-state index is 11.0. The van der Waals surface area contributed by atoms with Gasteiger partial charge in [-0.1, -0.05) is 36.4 Å². The van der Waals surface area contributed by atoms with Crippen LogP contribution in [0.25, 0.3) is 0 Å². The highest BCUT2D eigenvalue weighted by Gasteiger charge is 2.33. The third-order valence-electron chi connectivity index (χ3n) is 3.90. The van der Waals surface area contributed by atoms with Gasteiger partial charge in [-0.2, -0.15) is 0 Å². The summed E-state index contributed by atoms with van der Waals surface area (Å²) in [6, 6.07) is 11.3. The van der Waals surface area contributed by atoms with Crippen LogP contribution in [0.2, 0.25) is 0 Å². The zero-order chi connectivity index (χ0) is 14.4. The van der Waals surface area contributed by atoms with Crippen LogP contribution in [-0.2, 0) is 16.1 Å². The minimum atomic E-state index is -0.197. The highest BCUT2D eigenvalue weighted by molar-refractivity contribution is 5.65. The number of carbonyl (C=O) groups excluding carboxylic acids is 1. The average molecular weight is 273 g/mol. The van der Waals surface area contributed by atoms with Gasteiger partial charge in [-0.25, -0.2) is 0 Å². The molecule has 2 rings (SSSR count). The van der Waals surface area contributed by atoms with Crippen molar-refractivity contribution in [3.05, 3.63) is 48.6 Å². The summed E-state index contributed by atoms with van der Waals surface area (Å²) in [4.78, 5) is 13.5. The first kappa shape index (κ1) is 14.8. The molecule has 20 heavy (non-hydrogen) atoms. The fourth-order valence-corrected chi connectivity index (χ4v) is 2.91. The Kier molecular flexibility index (Phi) is 5.36. The van der Waals surface area contributed by atoms with Crippen LogP contribution in [-0.4, -0.2) is 29.6 Å². The van der Waals surface area contributed by atoms with Crippen LogP contribution in [0.15, 0.2) is 43.0 Å². The van der Waals surface area contributed by atoms with Crippen LogP contribution in [0.3, 0.4) is 0 Å². The molecule has 0 aliphatic carbocycles. The fraction of sp³-hybridized carbons (Fsp3) is 0.471. The Morgan fingerprint density at radius 3 is 2.70 bits per heavy atom. The molecule has 0 aromatic heterocycles. The van der Waals surface area contributed by atoms with Gasteiger partial charge in [-0.15, -0.1) is 6.58 Å². The second-order valence-corrected chi connectivity index (χ2v) is 5.37. The lowest BCUT2D eigenvalue weighted by Crippen LogP contribution is -2.38. The number of esters is 1. The number of carbonyl (C=O) groups is 1. The van der Waals surface area contributed by atoms with E-state index in [1.807, 2.05) is 12.1 Å². The molecule has 108 valence electrons. The Bertz CT molecular complexity index is 444. The number of hydrogen-bond acceptors (Lipinski definition) is 3. The van der Waals surface area contributed by atoms with Crippen molar-refractivity contribution in [2.24, 2.45) is 0 Å². The molecule has 0 amide bonds. The van der Waals surface area contributed by atoms with Crippen molar-refractivity contribution in [3.8, 4) is 0 Å². The molecule has 0 unspecified atom stereocenters. The molecule has 0 spiro atoms. The molecule has 3 heteroatoms. The monoisotopic (exact) mass is 273 g/mol. The molecule has 1 aromatic rings. The summed E-state index contributed by atoms with van der Waals surface area (Å²) in [5, 5.41) is 0. The van der Waals surface area contributed by atoms with Gasteiger partial charge in [0.1, 0.15) is 6.61 Å². The summed E-state index contributed by atoms with van der Waals surface area (Å²) in [6.07, 6.45) is 5.20. The molecule has 0 N–H and O–H groups in total. The van der Waals surface area contributed by atoms with Crippen LogP contribution < -0.4 is 0 Å². The maximum atomic E-state index is 11.0. The standard InChI is InChI=1S/C17H23NO2/c1-3-7-16-10-11-17(13-20-14(2)19)18(16)12-15-8-5-4-6-9-15/h3-6,8-9,16-17H,1,7,10-13H2,2H3/t16-,17+/m0/s1. The summed E-state index contributed by atoms with van der Waals surface area (Å²) in [6.45, 7) is 6.73. The molecule has 1 aliphatic rings. The average Bonchev–Trinajstić information content (AvgIpc) is 2.81. The van der Waals surface area contributed by atoms with E-state index in [9.17, 15) is 4.79 Å². The lowest BCUT2D eigenvalue weighted by molar-refractivity contribution is -0.142. The molecule has 0 saturated carbocycles. The zero-order valence-electron chi connectivity index (χ0n) is 12.1. The van der Waals surface area contributed by atoms with Gasteiger partial charge in [0.25, 0.3) is 0 Å². The Morgan fingerprint density at radius 1 is 1.35 bits per heavy atom. The van der Waals surface area contributed by atoms with E-state index >= 15 is 0 Å². The first-order valence-electron chi connectivity index (χ1n) is 7.24. The Hall–Kier alpha value is -1.61. The van der Waals surface area contributed by atoms with E-state index in [1.165, 1.54) is 12.5 Å². The van der Waals surface area contributed by atoms with Gasteiger partial charge in [0.15, 0.2) is 0 Å². The van der Waals surface area contributed by atoms with Gasteiger partial charge in [0.05, 0.1) is 0 Å². The summed E-state index contributed by atoms with van der Waals surface area (Å²) >= 11 is 0. The Balaban J connectivity index is 2.04. The number of benzene rings is 1. The summed E-state index contributed by atoms with van der Waals surface area (Å²) < 4.78 is 5.21. The summed E-state index contributed by atoms with van der Waals surface area (Å²) in [5.74, 6) is -0.197. The zero-order valence-corrected chi connectivity index (χ0v) is 12.1. The topological polar surface area (TPSA) is 29.5 Å². The first-order valence-corrected chi connectivity index (χ1v) is 7.24. The van der Waals surface area contributed by atoms with Crippen LogP contribution in [0.1, 0.15) is 31.7 Å². The van der Waals surface area contributed by atoms with Crippen LogP contribution in [0, 0.1) is 0 Å². The third kappa shape index (κ3) is 3.94. The number of likely N-dealkylation sites (tertiary alicyclic amines) is 1. The highest BCUT2D eigenvalue weighted by Crippen LogP contribution is 2.28. The molecular formula is C17H23NO2.